The van der Waals surface area contributed by atoms with Crippen LogP contribution in [-0.2, 0) is 9.47 Å². The van der Waals surface area contributed by atoms with Gasteiger partial charge in [0.05, 0.1) is 6.10 Å². The first-order valence-electron chi connectivity index (χ1n) is 7.11. The summed E-state index contributed by atoms with van der Waals surface area (Å²) in [5.74, 6) is 0.494. The highest BCUT2D eigenvalue weighted by atomic mass is 16.7. The van der Waals surface area contributed by atoms with Gasteiger partial charge in [0.1, 0.15) is 0 Å². The molecule has 17 heavy (non-hydrogen) atoms. The quantitative estimate of drug-likeness (QED) is 0.465. The minimum atomic E-state index is 0.00473. The molecule has 1 unspecified atom stereocenters. The predicted octanol–water partition coefficient (Wildman–Crippen LogP) is 4.30. The first-order chi connectivity index (χ1) is 8.19. The molecular weight excluding hydrogens is 212 g/mol. The first kappa shape index (κ1) is 14.7. The Morgan fingerprint density at radius 1 is 1.29 bits per heavy atom. The van der Waals surface area contributed by atoms with E-state index in [0.717, 1.165) is 25.9 Å². The van der Waals surface area contributed by atoms with Crippen LogP contribution in [0, 0.1) is 5.92 Å². The minimum absolute atomic E-state index is 0.00473. The van der Waals surface area contributed by atoms with Crippen molar-refractivity contribution in [1.29, 1.82) is 0 Å². The standard InChI is InChI=1S/C15H28O2/c1-5-7-9-14-13(12(3)4)11-15(17-14)16-10-8-6-2/h13-15H,3,5-11H2,1-2,4H3/t13-,14-,15?/m1/s1. The van der Waals surface area contributed by atoms with Crippen molar-refractivity contribution in [2.45, 2.75) is 71.7 Å². The SMILES string of the molecule is C=C(C)[C@H]1CC(OCCCC)O[C@@H]1CCCC. The second-order valence-corrected chi connectivity index (χ2v) is 5.16. The van der Waals surface area contributed by atoms with Crippen LogP contribution < -0.4 is 0 Å². The van der Waals surface area contributed by atoms with E-state index in [1.807, 2.05) is 0 Å². The molecule has 100 valence electrons. The first-order valence-corrected chi connectivity index (χ1v) is 7.11. The van der Waals surface area contributed by atoms with Crippen molar-refractivity contribution in [2.75, 3.05) is 6.61 Å². The molecule has 0 amide bonds. The van der Waals surface area contributed by atoms with Crippen LogP contribution in [0.15, 0.2) is 12.2 Å². The second-order valence-electron chi connectivity index (χ2n) is 5.16. The fourth-order valence-electron chi connectivity index (χ4n) is 2.36. The average Bonchev–Trinajstić information content (AvgIpc) is 2.70. The Labute approximate surface area is 106 Å². The van der Waals surface area contributed by atoms with Crippen molar-refractivity contribution >= 4 is 0 Å². The summed E-state index contributed by atoms with van der Waals surface area (Å²) in [6.07, 6.45) is 7.23. The number of ether oxygens (including phenoxy) is 2. The molecule has 1 heterocycles. The van der Waals surface area contributed by atoms with Crippen molar-refractivity contribution in [3.63, 3.8) is 0 Å². The zero-order valence-corrected chi connectivity index (χ0v) is 11.7. The van der Waals surface area contributed by atoms with Gasteiger partial charge in [-0.15, -0.1) is 0 Å². The van der Waals surface area contributed by atoms with E-state index >= 15 is 0 Å². The lowest BCUT2D eigenvalue weighted by Gasteiger charge is -2.17. The predicted molar refractivity (Wildman–Crippen MR) is 72.0 cm³/mol. The van der Waals surface area contributed by atoms with Gasteiger partial charge in [-0.1, -0.05) is 45.3 Å². The molecule has 0 saturated carbocycles. The van der Waals surface area contributed by atoms with Gasteiger partial charge in [-0.05, 0) is 19.8 Å². The Balaban J connectivity index is 2.38. The molecule has 0 radical (unpaired) electrons. The van der Waals surface area contributed by atoms with E-state index in [4.69, 9.17) is 9.47 Å². The van der Waals surface area contributed by atoms with Crippen molar-refractivity contribution < 1.29 is 9.47 Å². The minimum Gasteiger partial charge on any atom is -0.353 e. The van der Waals surface area contributed by atoms with Crippen LogP contribution in [0.3, 0.4) is 0 Å². The van der Waals surface area contributed by atoms with Gasteiger partial charge in [0, 0.05) is 18.9 Å². The smallest absolute Gasteiger partial charge is 0.158 e. The highest BCUT2D eigenvalue weighted by molar-refractivity contribution is 5.02. The maximum Gasteiger partial charge on any atom is 0.158 e. The summed E-state index contributed by atoms with van der Waals surface area (Å²) in [6, 6.07) is 0. The van der Waals surface area contributed by atoms with E-state index in [1.165, 1.54) is 24.8 Å². The summed E-state index contributed by atoms with van der Waals surface area (Å²) in [7, 11) is 0. The normalized spacial score (nSPS) is 28.5. The number of unbranched alkanes of at least 4 members (excludes halogenated alkanes) is 2. The number of hydrogen-bond acceptors (Lipinski definition) is 2. The maximum atomic E-state index is 6.00. The fraction of sp³-hybridized carbons (Fsp3) is 0.867. The van der Waals surface area contributed by atoms with Crippen molar-refractivity contribution in [2.24, 2.45) is 5.92 Å². The molecule has 3 atom stereocenters. The van der Waals surface area contributed by atoms with Crippen LogP contribution in [0.5, 0.6) is 0 Å². The monoisotopic (exact) mass is 240 g/mol. The molecule has 1 rings (SSSR count). The van der Waals surface area contributed by atoms with Gasteiger partial charge >= 0.3 is 0 Å². The molecule has 0 aliphatic carbocycles. The van der Waals surface area contributed by atoms with E-state index in [2.05, 4.69) is 27.4 Å². The van der Waals surface area contributed by atoms with E-state index in [1.54, 1.807) is 0 Å². The van der Waals surface area contributed by atoms with Crippen LogP contribution in [0.4, 0.5) is 0 Å². The third-order valence-corrected chi connectivity index (χ3v) is 3.50. The zero-order chi connectivity index (χ0) is 12.7. The summed E-state index contributed by atoms with van der Waals surface area (Å²) in [6.45, 7) is 11.4. The summed E-state index contributed by atoms with van der Waals surface area (Å²) >= 11 is 0. The lowest BCUT2D eigenvalue weighted by atomic mass is 9.91. The van der Waals surface area contributed by atoms with E-state index in [-0.39, 0.29) is 6.29 Å². The average molecular weight is 240 g/mol. The Kier molecular flexibility index (Phi) is 6.83. The van der Waals surface area contributed by atoms with Gasteiger partial charge in [-0.25, -0.2) is 0 Å². The van der Waals surface area contributed by atoms with Crippen LogP contribution in [0.2, 0.25) is 0 Å². The van der Waals surface area contributed by atoms with Crippen molar-refractivity contribution in [3.8, 4) is 0 Å². The second kappa shape index (κ2) is 7.88. The van der Waals surface area contributed by atoms with Crippen LogP contribution >= 0.6 is 0 Å². The van der Waals surface area contributed by atoms with E-state index in [0.29, 0.717) is 12.0 Å². The summed E-state index contributed by atoms with van der Waals surface area (Å²) < 4.78 is 11.8. The van der Waals surface area contributed by atoms with Gasteiger partial charge < -0.3 is 9.47 Å². The Morgan fingerprint density at radius 3 is 2.59 bits per heavy atom. The lowest BCUT2D eigenvalue weighted by molar-refractivity contribution is -0.135. The largest absolute Gasteiger partial charge is 0.353 e. The zero-order valence-electron chi connectivity index (χ0n) is 11.7. The molecule has 1 saturated heterocycles. The third-order valence-electron chi connectivity index (χ3n) is 3.50. The van der Waals surface area contributed by atoms with Gasteiger partial charge in [0.15, 0.2) is 6.29 Å². The Morgan fingerprint density at radius 2 is 2.00 bits per heavy atom. The third kappa shape index (κ3) is 4.81. The summed E-state index contributed by atoms with van der Waals surface area (Å²) in [4.78, 5) is 0. The molecular formula is C15H28O2. The molecule has 2 nitrogen and oxygen atoms in total. The highest BCUT2D eigenvalue weighted by Crippen LogP contribution is 2.34. The summed E-state index contributed by atoms with van der Waals surface area (Å²) in [5, 5.41) is 0. The number of rotatable bonds is 8. The van der Waals surface area contributed by atoms with Gasteiger partial charge in [-0.3, -0.25) is 0 Å². The van der Waals surface area contributed by atoms with Crippen molar-refractivity contribution in [3.05, 3.63) is 12.2 Å². The van der Waals surface area contributed by atoms with Crippen molar-refractivity contribution in [1.82, 2.24) is 0 Å². The van der Waals surface area contributed by atoms with Gasteiger partial charge in [0.25, 0.3) is 0 Å². The topological polar surface area (TPSA) is 18.5 Å². The van der Waals surface area contributed by atoms with E-state index in [9.17, 15) is 0 Å². The van der Waals surface area contributed by atoms with Crippen LogP contribution in [0.25, 0.3) is 0 Å². The molecule has 0 spiro atoms. The molecule has 0 aromatic carbocycles. The Hall–Kier alpha value is -0.340. The van der Waals surface area contributed by atoms with E-state index < -0.39 is 0 Å². The van der Waals surface area contributed by atoms with Gasteiger partial charge in [-0.2, -0.15) is 0 Å². The van der Waals surface area contributed by atoms with Gasteiger partial charge in [0.2, 0.25) is 0 Å². The molecule has 1 aliphatic rings. The molecule has 0 N–H and O–H groups in total. The molecule has 0 aromatic rings. The molecule has 2 heteroatoms. The molecule has 0 bridgehead atoms. The summed E-state index contributed by atoms with van der Waals surface area (Å²) in [5.41, 5.74) is 1.24. The maximum absolute atomic E-state index is 6.00. The molecule has 1 fully saturated rings. The highest BCUT2D eigenvalue weighted by Gasteiger charge is 2.35. The molecule has 0 aromatic heterocycles. The van der Waals surface area contributed by atoms with Crippen LogP contribution in [0.1, 0.15) is 59.3 Å². The fourth-order valence-corrected chi connectivity index (χ4v) is 2.36. The van der Waals surface area contributed by atoms with Crippen LogP contribution in [-0.4, -0.2) is 19.0 Å². The molecule has 1 aliphatic heterocycles. The number of hydrogen-bond donors (Lipinski definition) is 0. The Bertz CT molecular complexity index is 225. The lowest BCUT2D eigenvalue weighted by Crippen LogP contribution is -2.17.